The number of nitrogens with zero attached hydrogens (tertiary/aromatic N) is 1. The van der Waals surface area contributed by atoms with Gasteiger partial charge in [-0.25, -0.2) is 6.58 Å². The van der Waals surface area contributed by atoms with Gasteiger partial charge >= 0.3 is 32.3 Å². The molecule has 0 saturated carbocycles. The zero-order chi connectivity index (χ0) is 9.54. The molecule has 1 radical (unpaired) electrons. The molecule has 0 aromatic heterocycles. The summed E-state index contributed by atoms with van der Waals surface area (Å²) >= 11 is -2.51. The molecular weight excluding hydrogens is 355 g/mol. The summed E-state index contributed by atoms with van der Waals surface area (Å²) in [5, 5.41) is 0. The van der Waals surface area contributed by atoms with E-state index in [1.165, 1.54) is 7.81 Å². The van der Waals surface area contributed by atoms with E-state index < -0.39 is 27.8 Å². The zero-order valence-electron chi connectivity index (χ0n) is 6.76. The Kier molecular flexibility index (Phi) is 45.7. The summed E-state index contributed by atoms with van der Waals surface area (Å²) in [7, 11) is 1.38. The van der Waals surface area contributed by atoms with E-state index in [4.69, 9.17) is 12.4 Å². The molecule has 0 atom stereocenters. The average Bonchev–Trinajstić information content (AvgIpc) is 2.06. The Bertz CT molecular complexity index is 140. The van der Waals surface area contributed by atoms with Gasteiger partial charge in [0.15, 0.2) is 0 Å². The van der Waals surface area contributed by atoms with Crippen LogP contribution < -0.4 is 0 Å². The third-order valence-electron chi connectivity index (χ3n) is 0.0791. The van der Waals surface area contributed by atoms with Crippen LogP contribution in [0.4, 0.5) is 0 Å². The van der Waals surface area contributed by atoms with Gasteiger partial charge in [-0.1, -0.05) is 19.4 Å². The number of hydrogen-bond acceptors (Lipinski definition) is 2. The second kappa shape index (κ2) is 36.3. The molecule has 0 unspecified atom stereocenters. The second-order valence-corrected chi connectivity index (χ2v) is 1.46. The van der Waals surface area contributed by atoms with Gasteiger partial charge in [-0.15, -0.1) is 0 Å². The molecule has 0 bridgehead atoms. The van der Waals surface area contributed by atoms with E-state index in [-0.39, 0.29) is 0 Å². The minimum absolute atomic E-state index is 0.861. The predicted molar refractivity (Wildman–Crippen MR) is 34.5 cm³/mol. The van der Waals surface area contributed by atoms with Gasteiger partial charge in [0.1, 0.15) is 0 Å². The van der Waals surface area contributed by atoms with Gasteiger partial charge in [0.25, 0.3) is 0 Å². The molecule has 3 nitrogen and oxygen atoms in total. The van der Waals surface area contributed by atoms with E-state index in [2.05, 4.69) is 11.4 Å². The molecule has 0 aliphatic carbocycles. The summed E-state index contributed by atoms with van der Waals surface area (Å²) in [6.07, 6.45) is 2.83. The van der Waals surface area contributed by atoms with Gasteiger partial charge in [-0.3, -0.25) is 6.57 Å². The Morgan fingerprint density at radius 1 is 2.00 bits per heavy atom. The van der Waals surface area contributed by atoms with Gasteiger partial charge in [0.2, 0.25) is 0 Å². The van der Waals surface area contributed by atoms with Crippen molar-refractivity contribution in [3.05, 3.63) is 24.2 Å². The van der Waals surface area contributed by atoms with Crippen molar-refractivity contribution < 1.29 is 32.3 Å². The van der Waals surface area contributed by atoms with Crippen LogP contribution in [-0.4, -0.2) is 9.15 Å². The van der Waals surface area contributed by atoms with Crippen molar-refractivity contribution in [2.45, 2.75) is 13.2 Å². The van der Waals surface area contributed by atoms with Crippen LogP contribution in [0.1, 0.15) is 6.92 Å². The second-order valence-electron chi connectivity index (χ2n) is 0.761. The molecule has 0 spiro atoms. The van der Waals surface area contributed by atoms with Crippen molar-refractivity contribution in [1.82, 2.24) is 0 Å². The molecule has 0 aliphatic rings. The maximum absolute atomic E-state index is 8.58. The summed E-state index contributed by atoms with van der Waals surface area (Å²) in [6.45, 7) is 10.8. The molecule has 0 heterocycles. The first-order valence-electron chi connectivity index (χ1n) is 2.90. The minimum atomic E-state index is -2.51. The van der Waals surface area contributed by atoms with Gasteiger partial charge in [0.05, 0.1) is 7.81 Å². The summed E-state index contributed by atoms with van der Waals surface area (Å²) in [4.78, 5) is 2.62. The fourth-order valence-electron chi connectivity index (χ4n) is 0. The van der Waals surface area contributed by atoms with Crippen LogP contribution in [0.2, 0.25) is 6.32 Å². The van der Waals surface area contributed by atoms with Crippen LogP contribution in [0.3, 0.4) is 0 Å². The molecule has 0 aromatic carbocycles. The summed E-state index contributed by atoms with van der Waals surface area (Å²) in [5.74, 6) is 0. The first kappa shape index (κ1) is 12.6. The summed E-state index contributed by atoms with van der Waals surface area (Å²) < 4.78 is 23.5. The third-order valence-corrected chi connectivity index (χ3v) is 0.0791. The first-order valence-corrected chi connectivity index (χ1v) is 5.72. The molecule has 0 N–H and O–H groups in total. The van der Waals surface area contributed by atoms with Crippen molar-refractivity contribution >= 4 is 7.81 Å². The Morgan fingerprint density at radius 2 is 2.20 bits per heavy atom. The normalized spacial score (nSPS) is 5.00. The van der Waals surface area contributed by atoms with Crippen LogP contribution in [0.15, 0.2) is 6.58 Å². The molecular formula is C5H8BNO2U-. The van der Waals surface area contributed by atoms with E-state index in [1.807, 2.05) is 13.1 Å². The fraction of sp³-hybridized carbons (Fsp3) is 0.400. The van der Waals surface area contributed by atoms with E-state index in [1.54, 1.807) is 0 Å². The van der Waals surface area contributed by atoms with Crippen molar-refractivity contribution in [2.75, 3.05) is 0 Å². The van der Waals surface area contributed by atoms with Crippen molar-refractivity contribution in [3.63, 3.8) is 0 Å². The van der Waals surface area contributed by atoms with Gasteiger partial charge in [-0.05, 0) is 1.34 Å². The van der Waals surface area contributed by atoms with Crippen molar-refractivity contribution in [2.24, 2.45) is 0 Å². The number of rotatable bonds is 1. The van der Waals surface area contributed by atoms with Crippen LogP contribution >= 0.6 is 0 Å². The monoisotopic (exact) mass is 364 g/mol. The first-order chi connectivity index (χ1) is 5.24. The Labute approximate surface area is 78.7 Å². The van der Waals surface area contributed by atoms with E-state index in [9.17, 15) is 0 Å². The van der Waals surface area contributed by atoms with E-state index >= 15 is 0 Å². The Morgan fingerprint density at radius 3 is 2.20 bits per heavy atom. The Balaban J connectivity index is -0.0000000886. The van der Waals surface area contributed by atoms with E-state index in [0.717, 1.165) is 6.32 Å². The Hall–Kier alpha value is -0.0531. The standard InChI is InChI=1S/C3H2N.C2H6B.2O.U/c1-3-4-2;1-2-3;;;/h1H2;3H,2H2,1H3;;;/q-1;;;;/i;3D;;;. The molecule has 0 aliphatic heterocycles. The molecule has 0 saturated heterocycles. The van der Waals surface area contributed by atoms with Crippen LogP contribution in [0.25, 0.3) is 4.85 Å². The summed E-state index contributed by atoms with van der Waals surface area (Å²) in [5.41, 5.74) is 0. The quantitative estimate of drug-likeness (QED) is 0.513. The molecule has 5 heteroatoms. The molecule has 53 valence electrons. The molecule has 0 fully saturated rings. The predicted octanol–water partition coefficient (Wildman–Crippen LogP) is 0.940. The number of hydrogen-bond donors (Lipinski definition) is 0. The van der Waals surface area contributed by atoms with Crippen LogP contribution in [-0.2, 0) is 4.47 Å². The zero-order valence-corrected chi connectivity index (χ0v) is 9.92. The maximum atomic E-state index is 8.58. The summed E-state index contributed by atoms with van der Waals surface area (Å²) in [6, 6.07) is 0. The molecule has 0 rings (SSSR count). The molecule has 10 heavy (non-hydrogen) atoms. The fourth-order valence-corrected chi connectivity index (χ4v) is 0. The van der Waals surface area contributed by atoms with Crippen LogP contribution in [0.5, 0.6) is 0 Å². The third kappa shape index (κ3) is 428. The topological polar surface area (TPSA) is 38.5 Å². The van der Waals surface area contributed by atoms with Gasteiger partial charge < -0.3 is 4.85 Å². The van der Waals surface area contributed by atoms with Crippen LogP contribution in [0, 0.1) is 40.6 Å². The van der Waals surface area contributed by atoms with Crippen molar-refractivity contribution in [1.29, 1.82) is 1.34 Å². The molecule has 0 amide bonds. The molecule has 0 aromatic rings. The van der Waals surface area contributed by atoms with Crippen molar-refractivity contribution in [3.8, 4) is 0 Å². The van der Waals surface area contributed by atoms with Gasteiger partial charge in [-0.2, -0.15) is 0 Å². The average molecular weight is 364 g/mol. The SMILES string of the molecule is [2H][B]CC.[C-]#[N+][C-]=C.[O]=[U]=[O]. The van der Waals surface area contributed by atoms with Gasteiger partial charge in [0, 0.05) is 0 Å². The van der Waals surface area contributed by atoms with E-state index in [0.29, 0.717) is 0 Å².